The monoisotopic (exact) mass is 493 g/mol. The van der Waals surface area contributed by atoms with Gasteiger partial charge in [-0.3, -0.25) is 4.79 Å². The smallest absolute Gasteiger partial charge is 0.260 e. The number of benzene rings is 2. The summed E-state index contributed by atoms with van der Waals surface area (Å²) in [7, 11) is 0. The van der Waals surface area contributed by atoms with Gasteiger partial charge in [0.2, 0.25) is 0 Å². The first-order chi connectivity index (χ1) is 17.5. The Kier molecular flexibility index (Phi) is 8.59. The number of ether oxygens (including phenoxy) is 1. The van der Waals surface area contributed by atoms with Crippen molar-refractivity contribution in [2.45, 2.75) is 33.7 Å². The second-order valence-corrected chi connectivity index (χ2v) is 9.12. The molecule has 1 aliphatic rings. The van der Waals surface area contributed by atoms with Crippen molar-refractivity contribution in [1.29, 1.82) is 0 Å². The van der Waals surface area contributed by atoms with Crippen LogP contribution in [0.25, 0.3) is 5.69 Å². The van der Waals surface area contributed by atoms with Crippen molar-refractivity contribution in [1.82, 2.24) is 19.6 Å². The van der Waals surface area contributed by atoms with Crippen LogP contribution in [-0.2, 0) is 11.3 Å². The van der Waals surface area contributed by atoms with Crippen LogP contribution in [0.5, 0.6) is 5.75 Å². The van der Waals surface area contributed by atoms with Crippen LogP contribution in [0.1, 0.15) is 31.5 Å². The van der Waals surface area contributed by atoms with Crippen molar-refractivity contribution in [2.24, 2.45) is 0 Å². The van der Waals surface area contributed by atoms with Gasteiger partial charge in [-0.25, -0.2) is 9.07 Å². The van der Waals surface area contributed by atoms with E-state index in [2.05, 4.69) is 23.6 Å². The van der Waals surface area contributed by atoms with Gasteiger partial charge >= 0.3 is 0 Å². The standard InChI is InChI=1S/C28H36FN5O2/c1-4-14-33(27(35)21-36-25-12-7-6-8-13-25)20-26-22(3)30-34(24-11-9-10-23(29)19-24)28(26)32-17-15-31(5-2)16-18-32/h6-13,19H,4-5,14-18,20-21H2,1-3H3. The summed E-state index contributed by atoms with van der Waals surface area (Å²) in [6.07, 6.45) is 0.832. The summed E-state index contributed by atoms with van der Waals surface area (Å²) in [5, 5.41) is 4.83. The number of carbonyl (C=O) groups excluding carboxylic acids is 1. The van der Waals surface area contributed by atoms with Crippen LogP contribution < -0.4 is 9.64 Å². The fourth-order valence-electron chi connectivity index (χ4n) is 4.63. The van der Waals surface area contributed by atoms with Crippen LogP contribution in [-0.4, -0.2) is 71.4 Å². The van der Waals surface area contributed by atoms with E-state index in [1.807, 2.05) is 52.9 Å². The summed E-state index contributed by atoms with van der Waals surface area (Å²) < 4.78 is 21.7. The maximum atomic E-state index is 14.1. The SMILES string of the molecule is CCCN(Cc1c(C)nn(-c2cccc(F)c2)c1N1CCN(CC)CC1)C(=O)COc1ccccc1. The average Bonchev–Trinajstić information content (AvgIpc) is 3.23. The zero-order valence-electron chi connectivity index (χ0n) is 21.5. The lowest BCUT2D eigenvalue weighted by Crippen LogP contribution is -2.47. The summed E-state index contributed by atoms with van der Waals surface area (Å²) in [5.74, 6) is 1.24. The zero-order valence-corrected chi connectivity index (χ0v) is 21.5. The summed E-state index contributed by atoms with van der Waals surface area (Å²) >= 11 is 0. The van der Waals surface area contributed by atoms with E-state index in [1.54, 1.807) is 6.07 Å². The van der Waals surface area contributed by atoms with Crippen LogP contribution in [0.15, 0.2) is 54.6 Å². The van der Waals surface area contributed by atoms with Crippen molar-refractivity contribution in [2.75, 3.05) is 50.8 Å². The molecular formula is C28H36FN5O2. The first kappa shape index (κ1) is 25.7. The van der Waals surface area contributed by atoms with Gasteiger partial charge in [0, 0.05) is 38.3 Å². The summed E-state index contributed by atoms with van der Waals surface area (Å²) in [6, 6.07) is 15.9. The first-order valence-corrected chi connectivity index (χ1v) is 12.8. The molecule has 0 spiro atoms. The summed E-state index contributed by atoms with van der Waals surface area (Å²) in [6.45, 7) is 11.8. The van der Waals surface area contributed by atoms with E-state index in [4.69, 9.17) is 9.84 Å². The van der Waals surface area contributed by atoms with E-state index in [1.165, 1.54) is 12.1 Å². The number of carbonyl (C=O) groups is 1. The molecule has 2 heterocycles. The van der Waals surface area contributed by atoms with E-state index in [9.17, 15) is 9.18 Å². The lowest BCUT2D eigenvalue weighted by Gasteiger charge is -2.36. The van der Waals surface area contributed by atoms with Gasteiger partial charge in [0.1, 0.15) is 17.4 Å². The Morgan fingerprint density at radius 1 is 1.06 bits per heavy atom. The second kappa shape index (κ2) is 12.0. The average molecular weight is 494 g/mol. The minimum atomic E-state index is -0.301. The Bertz CT molecular complexity index is 1140. The lowest BCUT2D eigenvalue weighted by atomic mass is 10.1. The molecule has 4 rings (SSSR count). The zero-order chi connectivity index (χ0) is 25.5. The molecule has 3 aromatic rings. The molecular weight excluding hydrogens is 457 g/mol. The predicted octanol–water partition coefficient (Wildman–Crippen LogP) is 4.28. The number of anilines is 1. The van der Waals surface area contributed by atoms with Crippen molar-refractivity contribution in [3.05, 3.63) is 71.7 Å². The van der Waals surface area contributed by atoms with Gasteiger partial charge < -0.3 is 19.4 Å². The number of piperazine rings is 1. The number of nitrogens with zero attached hydrogens (tertiary/aromatic N) is 5. The van der Waals surface area contributed by atoms with Crippen LogP contribution in [0.3, 0.4) is 0 Å². The van der Waals surface area contributed by atoms with Crippen LogP contribution in [0.2, 0.25) is 0 Å². The Labute approximate surface area is 213 Å². The fraction of sp³-hybridized carbons (Fsp3) is 0.429. The number of hydrogen-bond acceptors (Lipinski definition) is 5. The van der Waals surface area contributed by atoms with Crippen LogP contribution >= 0.6 is 0 Å². The molecule has 0 atom stereocenters. The van der Waals surface area contributed by atoms with Gasteiger partial charge in [0.05, 0.1) is 17.9 Å². The highest BCUT2D eigenvalue weighted by Gasteiger charge is 2.27. The second-order valence-electron chi connectivity index (χ2n) is 9.12. The molecule has 0 radical (unpaired) electrons. The molecule has 36 heavy (non-hydrogen) atoms. The van der Waals surface area contributed by atoms with Crippen molar-refractivity contribution in [3.63, 3.8) is 0 Å². The third-order valence-corrected chi connectivity index (χ3v) is 6.63. The molecule has 1 saturated heterocycles. The molecule has 2 aromatic carbocycles. The van der Waals surface area contributed by atoms with E-state index in [-0.39, 0.29) is 18.3 Å². The number of halogens is 1. The number of aromatic nitrogens is 2. The molecule has 0 saturated carbocycles. The van der Waals surface area contributed by atoms with E-state index in [0.29, 0.717) is 24.5 Å². The third kappa shape index (κ3) is 6.05. The number of hydrogen-bond donors (Lipinski definition) is 0. The van der Waals surface area contributed by atoms with Gasteiger partial charge in [-0.1, -0.05) is 38.1 Å². The molecule has 8 heteroatoms. The quantitative estimate of drug-likeness (QED) is 0.422. The molecule has 1 fully saturated rings. The minimum absolute atomic E-state index is 0.0222. The maximum Gasteiger partial charge on any atom is 0.260 e. The number of rotatable bonds is 10. The molecule has 1 aromatic heterocycles. The highest BCUT2D eigenvalue weighted by atomic mass is 19.1. The van der Waals surface area contributed by atoms with Crippen molar-refractivity contribution in [3.8, 4) is 11.4 Å². The molecule has 0 N–H and O–H groups in total. The Morgan fingerprint density at radius 3 is 2.47 bits per heavy atom. The molecule has 192 valence electrons. The van der Waals surface area contributed by atoms with Crippen LogP contribution in [0.4, 0.5) is 10.2 Å². The topological polar surface area (TPSA) is 53.8 Å². The van der Waals surface area contributed by atoms with Gasteiger partial charge in [0.15, 0.2) is 6.61 Å². The van der Waals surface area contributed by atoms with Crippen molar-refractivity contribution < 1.29 is 13.9 Å². The van der Waals surface area contributed by atoms with Gasteiger partial charge in [-0.05, 0) is 50.2 Å². The molecule has 0 aliphatic carbocycles. The molecule has 1 aliphatic heterocycles. The molecule has 7 nitrogen and oxygen atoms in total. The van der Waals surface area contributed by atoms with Crippen molar-refractivity contribution >= 4 is 11.7 Å². The number of para-hydroxylation sites is 1. The number of likely N-dealkylation sites (N-methyl/N-ethyl adjacent to an activating group) is 1. The van der Waals surface area contributed by atoms with E-state index < -0.39 is 0 Å². The lowest BCUT2D eigenvalue weighted by molar-refractivity contribution is -0.134. The Morgan fingerprint density at radius 2 is 1.81 bits per heavy atom. The minimum Gasteiger partial charge on any atom is -0.484 e. The highest BCUT2D eigenvalue weighted by Crippen LogP contribution is 2.30. The van der Waals surface area contributed by atoms with Crippen LogP contribution in [0, 0.1) is 12.7 Å². The third-order valence-electron chi connectivity index (χ3n) is 6.63. The van der Waals surface area contributed by atoms with Gasteiger partial charge in [0.25, 0.3) is 5.91 Å². The summed E-state index contributed by atoms with van der Waals surface area (Å²) in [4.78, 5) is 19.8. The first-order valence-electron chi connectivity index (χ1n) is 12.8. The predicted molar refractivity (Wildman–Crippen MR) is 140 cm³/mol. The Hall–Kier alpha value is -3.39. The van der Waals surface area contributed by atoms with Gasteiger partial charge in [-0.2, -0.15) is 5.10 Å². The summed E-state index contributed by atoms with van der Waals surface area (Å²) in [5.41, 5.74) is 2.51. The van der Waals surface area contributed by atoms with Gasteiger partial charge in [-0.15, -0.1) is 0 Å². The maximum absolute atomic E-state index is 14.1. The van der Waals surface area contributed by atoms with E-state index >= 15 is 0 Å². The number of aryl methyl sites for hydroxylation is 1. The number of amides is 1. The molecule has 0 bridgehead atoms. The Balaban J connectivity index is 1.63. The largest absolute Gasteiger partial charge is 0.484 e. The van der Waals surface area contributed by atoms with E-state index in [0.717, 1.165) is 56.2 Å². The molecule has 0 unspecified atom stereocenters. The highest BCUT2D eigenvalue weighted by molar-refractivity contribution is 5.78. The normalized spacial score (nSPS) is 14.2. The fourth-order valence-corrected chi connectivity index (χ4v) is 4.63. The molecule has 1 amide bonds.